The van der Waals surface area contributed by atoms with E-state index in [2.05, 4.69) is 15.7 Å². The van der Waals surface area contributed by atoms with E-state index in [1.165, 1.54) is 0 Å². The Labute approximate surface area is 117 Å². The van der Waals surface area contributed by atoms with Crippen LogP contribution in [0.4, 0.5) is 10.5 Å². The van der Waals surface area contributed by atoms with Crippen LogP contribution in [0.5, 0.6) is 0 Å². The number of nitrogens with one attached hydrogen (secondary N) is 2. The summed E-state index contributed by atoms with van der Waals surface area (Å²) in [7, 11) is 1.76. The Kier molecular flexibility index (Phi) is 3.96. The Morgan fingerprint density at radius 2 is 2.00 bits per heavy atom. The summed E-state index contributed by atoms with van der Waals surface area (Å²) in [6, 6.07) is -0.495. The second-order valence-electron chi connectivity index (χ2n) is 5.33. The van der Waals surface area contributed by atoms with Gasteiger partial charge in [-0.25, -0.2) is 9.59 Å². The van der Waals surface area contributed by atoms with Gasteiger partial charge in [-0.3, -0.25) is 4.68 Å². The number of carboxylic acid groups (broad SMARTS) is 1. The SMILES string of the molecule is Cc1nn(C)cc1NC(=O)NC1(C(=O)O)CCCCC1. The highest BCUT2D eigenvalue weighted by Crippen LogP contribution is 2.28. The van der Waals surface area contributed by atoms with Crippen LogP contribution in [0.25, 0.3) is 0 Å². The monoisotopic (exact) mass is 280 g/mol. The van der Waals surface area contributed by atoms with Gasteiger partial charge in [-0.1, -0.05) is 19.3 Å². The van der Waals surface area contributed by atoms with Crippen molar-refractivity contribution in [3.05, 3.63) is 11.9 Å². The number of carboxylic acids is 1. The van der Waals surface area contributed by atoms with Gasteiger partial charge in [-0.2, -0.15) is 5.10 Å². The van der Waals surface area contributed by atoms with Crippen molar-refractivity contribution in [2.24, 2.45) is 7.05 Å². The number of aromatic nitrogens is 2. The molecule has 1 fully saturated rings. The zero-order valence-corrected chi connectivity index (χ0v) is 11.8. The van der Waals surface area contributed by atoms with Gasteiger partial charge in [-0.15, -0.1) is 0 Å². The predicted octanol–water partition coefficient (Wildman–Crippen LogP) is 1.64. The summed E-state index contributed by atoms with van der Waals surface area (Å²) in [5.74, 6) is -0.963. The third-order valence-corrected chi connectivity index (χ3v) is 3.73. The fourth-order valence-electron chi connectivity index (χ4n) is 2.64. The lowest BCUT2D eigenvalue weighted by atomic mass is 9.82. The van der Waals surface area contributed by atoms with E-state index in [9.17, 15) is 14.7 Å². The highest BCUT2D eigenvalue weighted by Gasteiger charge is 2.41. The van der Waals surface area contributed by atoms with E-state index in [0.29, 0.717) is 24.2 Å². The molecule has 0 radical (unpaired) electrons. The second kappa shape index (κ2) is 5.52. The van der Waals surface area contributed by atoms with Gasteiger partial charge in [0.15, 0.2) is 0 Å². The Balaban J connectivity index is 2.05. The standard InChI is InChI=1S/C13H20N4O3/c1-9-10(8-17(2)16-9)14-12(20)15-13(11(18)19)6-4-3-5-7-13/h8H,3-7H2,1-2H3,(H,18,19)(H2,14,15,20). The molecule has 1 aromatic rings. The maximum absolute atomic E-state index is 12.0. The Bertz CT molecular complexity index is 518. The number of anilines is 1. The number of hydrogen-bond acceptors (Lipinski definition) is 3. The molecule has 0 unspecified atom stereocenters. The van der Waals surface area contributed by atoms with Gasteiger partial charge in [0.2, 0.25) is 0 Å². The number of rotatable bonds is 3. The summed E-state index contributed by atoms with van der Waals surface area (Å²) in [6.45, 7) is 1.78. The van der Waals surface area contributed by atoms with Crippen molar-refractivity contribution >= 4 is 17.7 Å². The van der Waals surface area contributed by atoms with Crippen molar-refractivity contribution in [1.29, 1.82) is 0 Å². The lowest BCUT2D eigenvalue weighted by molar-refractivity contribution is -0.145. The van der Waals surface area contributed by atoms with E-state index in [4.69, 9.17) is 0 Å². The average molecular weight is 280 g/mol. The predicted molar refractivity (Wildman–Crippen MR) is 73.6 cm³/mol. The van der Waals surface area contributed by atoms with Gasteiger partial charge in [0.25, 0.3) is 0 Å². The second-order valence-corrected chi connectivity index (χ2v) is 5.33. The molecule has 0 saturated heterocycles. The molecule has 3 N–H and O–H groups in total. The molecule has 0 aliphatic heterocycles. The number of aryl methyl sites for hydroxylation is 2. The van der Waals surface area contributed by atoms with Crippen LogP contribution in [0.1, 0.15) is 37.8 Å². The van der Waals surface area contributed by atoms with E-state index in [-0.39, 0.29) is 0 Å². The maximum atomic E-state index is 12.0. The lowest BCUT2D eigenvalue weighted by Gasteiger charge is -2.33. The highest BCUT2D eigenvalue weighted by molar-refractivity contribution is 5.94. The summed E-state index contributed by atoms with van der Waals surface area (Å²) in [5.41, 5.74) is 0.135. The highest BCUT2D eigenvalue weighted by atomic mass is 16.4. The Morgan fingerprint density at radius 3 is 2.50 bits per heavy atom. The normalized spacial score (nSPS) is 17.5. The van der Waals surface area contributed by atoms with E-state index < -0.39 is 17.5 Å². The molecule has 0 spiro atoms. The molecule has 1 aliphatic rings. The first-order valence-corrected chi connectivity index (χ1v) is 6.76. The molecule has 110 valence electrons. The van der Waals surface area contributed by atoms with Crippen molar-refractivity contribution in [1.82, 2.24) is 15.1 Å². The molecule has 1 heterocycles. The molecule has 2 rings (SSSR count). The van der Waals surface area contributed by atoms with Crippen molar-refractivity contribution in [3.63, 3.8) is 0 Å². The average Bonchev–Trinajstić information content (AvgIpc) is 2.68. The van der Waals surface area contributed by atoms with Gasteiger partial charge < -0.3 is 15.7 Å². The fourth-order valence-corrected chi connectivity index (χ4v) is 2.64. The molecular formula is C13H20N4O3. The van der Waals surface area contributed by atoms with Crippen LogP contribution < -0.4 is 10.6 Å². The quantitative estimate of drug-likeness (QED) is 0.784. The molecule has 1 aliphatic carbocycles. The summed E-state index contributed by atoms with van der Waals surface area (Å²) >= 11 is 0. The van der Waals surface area contributed by atoms with E-state index >= 15 is 0 Å². The zero-order valence-electron chi connectivity index (χ0n) is 11.8. The number of aliphatic carboxylic acids is 1. The van der Waals surface area contributed by atoms with Crippen LogP contribution in [-0.4, -0.2) is 32.4 Å². The molecule has 0 aromatic carbocycles. The minimum atomic E-state index is -1.14. The molecule has 7 heteroatoms. The minimum absolute atomic E-state index is 0.474. The number of carbonyl (C=O) groups is 2. The summed E-state index contributed by atoms with van der Waals surface area (Å²) in [5, 5.41) is 18.8. The van der Waals surface area contributed by atoms with Gasteiger partial charge >= 0.3 is 12.0 Å². The fraction of sp³-hybridized carbons (Fsp3) is 0.615. The molecule has 7 nitrogen and oxygen atoms in total. The minimum Gasteiger partial charge on any atom is -0.480 e. The maximum Gasteiger partial charge on any atom is 0.329 e. The van der Waals surface area contributed by atoms with Crippen LogP contribution in [-0.2, 0) is 11.8 Å². The van der Waals surface area contributed by atoms with E-state index in [0.717, 1.165) is 19.3 Å². The summed E-state index contributed by atoms with van der Waals surface area (Å²) in [6.07, 6.45) is 5.28. The van der Waals surface area contributed by atoms with Gasteiger partial charge in [0.05, 0.1) is 11.4 Å². The van der Waals surface area contributed by atoms with E-state index in [1.807, 2.05) is 0 Å². The van der Waals surface area contributed by atoms with Crippen LogP contribution >= 0.6 is 0 Å². The number of urea groups is 1. The van der Waals surface area contributed by atoms with Crippen molar-refractivity contribution in [2.75, 3.05) is 5.32 Å². The van der Waals surface area contributed by atoms with Crippen LogP contribution in [0.2, 0.25) is 0 Å². The molecule has 20 heavy (non-hydrogen) atoms. The summed E-state index contributed by atoms with van der Waals surface area (Å²) in [4.78, 5) is 23.5. The third kappa shape index (κ3) is 2.92. The first-order valence-electron chi connectivity index (χ1n) is 6.76. The van der Waals surface area contributed by atoms with Crippen LogP contribution in [0.15, 0.2) is 6.20 Å². The number of nitrogens with zero attached hydrogens (tertiary/aromatic N) is 2. The third-order valence-electron chi connectivity index (χ3n) is 3.73. The smallest absolute Gasteiger partial charge is 0.329 e. The lowest BCUT2D eigenvalue weighted by Crippen LogP contribution is -2.56. The molecule has 2 amide bonds. The number of carbonyl (C=O) groups excluding carboxylic acids is 1. The van der Waals surface area contributed by atoms with Gasteiger partial charge in [-0.05, 0) is 19.8 Å². The van der Waals surface area contributed by atoms with E-state index in [1.54, 1.807) is 24.9 Å². The molecule has 1 saturated carbocycles. The van der Waals surface area contributed by atoms with Crippen LogP contribution in [0.3, 0.4) is 0 Å². The number of amides is 2. The molecule has 0 bridgehead atoms. The van der Waals surface area contributed by atoms with Crippen molar-refractivity contribution in [3.8, 4) is 0 Å². The van der Waals surface area contributed by atoms with Gasteiger partial charge in [0, 0.05) is 13.2 Å². The molecule has 0 atom stereocenters. The first-order chi connectivity index (χ1) is 9.43. The zero-order chi connectivity index (χ0) is 14.8. The van der Waals surface area contributed by atoms with Crippen molar-refractivity contribution < 1.29 is 14.7 Å². The summed E-state index contributed by atoms with van der Waals surface area (Å²) < 4.78 is 1.60. The number of hydrogen-bond donors (Lipinski definition) is 3. The molecule has 1 aromatic heterocycles. The molecular weight excluding hydrogens is 260 g/mol. The first kappa shape index (κ1) is 14.4. The largest absolute Gasteiger partial charge is 0.480 e. The van der Waals surface area contributed by atoms with Gasteiger partial charge in [0.1, 0.15) is 5.54 Å². The topological polar surface area (TPSA) is 96.3 Å². The Morgan fingerprint density at radius 1 is 1.35 bits per heavy atom. The van der Waals surface area contributed by atoms with Crippen molar-refractivity contribution in [2.45, 2.75) is 44.6 Å². The van der Waals surface area contributed by atoms with Crippen LogP contribution in [0, 0.1) is 6.92 Å². The Hall–Kier alpha value is -2.05.